The Labute approximate surface area is 200 Å². The van der Waals surface area contributed by atoms with Crippen molar-refractivity contribution in [3.63, 3.8) is 0 Å². The molecule has 6 heteroatoms. The minimum atomic E-state index is -0.953. The molecule has 0 bridgehead atoms. The summed E-state index contributed by atoms with van der Waals surface area (Å²) in [7, 11) is 0. The van der Waals surface area contributed by atoms with Crippen molar-refractivity contribution in [1.29, 1.82) is 0 Å². The monoisotopic (exact) mass is 463 g/mol. The number of rotatable bonds is 8. The van der Waals surface area contributed by atoms with Crippen LogP contribution < -0.4 is 0 Å². The number of carbonyl (C=O) groups is 3. The molecule has 180 valence electrons. The van der Waals surface area contributed by atoms with E-state index in [2.05, 4.69) is 24.3 Å². The molecule has 1 fully saturated rings. The number of carbonyl (C=O) groups excluding carboxylic acids is 2. The summed E-state index contributed by atoms with van der Waals surface area (Å²) in [4.78, 5) is 39.5. The van der Waals surface area contributed by atoms with Gasteiger partial charge in [-0.15, -0.1) is 0 Å². The number of hydrogen-bond donors (Lipinski definition) is 1. The standard InChI is InChI=1S/C28H33NO5/c1-3-18(2)23(27(31)32)16-26(30)25-14-8-9-15-29(25)28(33)34-17-24-21-12-6-4-10-19(21)20-11-5-7-13-22(20)24/h4-7,10-13,18,23-25H,3,8-9,14-17H2,1-2H3,(H,31,32)/t18-,23-,25+/m1/s1. The topological polar surface area (TPSA) is 83.9 Å². The minimum absolute atomic E-state index is 0.0444. The zero-order valence-corrected chi connectivity index (χ0v) is 19.9. The maximum absolute atomic E-state index is 13.1. The van der Waals surface area contributed by atoms with E-state index in [-0.39, 0.29) is 30.6 Å². The fourth-order valence-electron chi connectivity index (χ4n) is 5.33. The maximum Gasteiger partial charge on any atom is 0.410 e. The number of amides is 1. The predicted octanol–water partition coefficient (Wildman–Crippen LogP) is 5.50. The molecule has 1 saturated heterocycles. The van der Waals surface area contributed by atoms with Crippen LogP contribution in [0.25, 0.3) is 11.1 Å². The molecule has 4 rings (SSSR count). The Morgan fingerprint density at radius 1 is 1.03 bits per heavy atom. The van der Waals surface area contributed by atoms with Crippen molar-refractivity contribution in [2.45, 2.75) is 57.9 Å². The van der Waals surface area contributed by atoms with E-state index in [1.165, 1.54) is 4.90 Å². The van der Waals surface area contributed by atoms with E-state index >= 15 is 0 Å². The summed E-state index contributed by atoms with van der Waals surface area (Å²) in [6.07, 6.45) is 2.34. The van der Waals surface area contributed by atoms with Crippen molar-refractivity contribution < 1.29 is 24.2 Å². The quantitative estimate of drug-likeness (QED) is 0.559. The van der Waals surface area contributed by atoms with Gasteiger partial charge in [-0.2, -0.15) is 0 Å². The second kappa shape index (κ2) is 10.4. The van der Waals surface area contributed by atoms with Crippen LogP contribution in [-0.4, -0.2) is 47.0 Å². The molecule has 0 unspecified atom stereocenters. The molecule has 0 aromatic heterocycles. The molecule has 2 aromatic carbocycles. The van der Waals surface area contributed by atoms with Gasteiger partial charge in [0.25, 0.3) is 0 Å². The smallest absolute Gasteiger partial charge is 0.410 e. The zero-order valence-electron chi connectivity index (χ0n) is 19.9. The number of ketones is 1. The Morgan fingerprint density at radius 3 is 2.24 bits per heavy atom. The first-order valence-electron chi connectivity index (χ1n) is 12.3. The number of ether oxygens (including phenoxy) is 1. The molecule has 6 nitrogen and oxygen atoms in total. The van der Waals surface area contributed by atoms with Crippen LogP contribution in [0.1, 0.15) is 63.0 Å². The summed E-state index contributed by atoms with van der Waals surface area (Å²) in [5, 5.41) is 9.61. The second-order valence-corrected chi connectivity index (χ2v) is 9.51. The number of Topliss-reactive ketones (excluding diaryl/α,β-unsaturated/α-hetero) is 1. The summed E-state index contributed by atoms with van der Waals surface area (Å²) in [6.45, 7) is 4.44. The highest BCUT2D eigenvalue weighted by Crippen LogP contribution is 2.44. The lowest BCUT2D eigenvalue weighted by atomic mass is 9.84. The molecule has 1 amide bonds. The minimum Gasteiger partial charge on any atom is -0.481 e. The molecule has 1 aliphatic heterocycles. The first kappa shape index (κ1) is 24.0. The number of carboxylic acids is 1. The highest BCUT2D eigenvalue weighted by molar-refractivity contribution is 5.90. The molecule has 34 heavy (non-hydrogen) atoms. The fraction of sp³-hybridized carbons (Fsp3) is 0.464. The molecule has 0 radical (unpaired) electrons. The first-order valence-corrected chi connectivity index (χ1v) is 12.3. The zero-order chi connectivity index (χ0) is 24.2. The number of carboxylic acid groups (broad SMARTS) is 1. The van der Waals surface area contributed by atoms with Gasteiger partial charge in [-0.3, -0.25) is 14.5 Å². The normalized spacial score (nSPS) is 19.1. The van der Waals surface area contributed by atoms with Crippen LogP contribution in [0, 0.1) is 11.8 Å². The van der Waals surface area contributed by atoms with Crippen molar-refractivity contribution in [3.8, 4) is 11.1 Å². The van der Waals surface area contributed by atoms with Gasteiger partial charge in [0.2, 0.25) is 0 Å². The average molecular weight is 464 g/mol. The van der Waals surface area contributed by atoms with Crippen LogP contribution in [0.3, 0.4) is 0 Å². The molecule has 2 aromatic rings. The first-order chi connectivity index (χ1) is 16.4. The summed E-state index contributed by atoms with van der Waals surface area (Å²) in [6, 6.07) is 15.7. The summed E-state index contributed by atoms with van der Waals surface area (Å²) >= 11 is 0. The van der Waals surface area contributed by atoms with E-state index < -0.39 is 24.0 Å². The molecule has 1 heterocycles. The van der Waals surface area contributed by atoms with Crippen molar-refractivity contribution in [1.82, 2.24) is 4.90 Å². The van der Waals surface area contributed by atoms with Crippen LogP contribution in [0.2, 0.25) is 0 Å². The van der Waals surface area contributed by atoms with Crippen molar-refractivity contribution in [2.75, 3.05) is 13.2 Å². The van der Waals surface area contributed by atoms with Gasteiger partial charge < -0.3 is 9.84 Å². The van der Waals surface area contributed by atoms with Gasteiger partial charge in [-0.05, 0) is 47.4 Å². The molecule has 2 aliphatic rings. The number of likely N-dealkylation sites (tertiary alicyclic amines) is 1. The lowest BCUT2D eigenvalue weighted by Gasteiger charge is -2.35. The SMILES string of the molecule is CC[C@@H](C)[C@@H](CC(=O)[C@@H]1CCCCN1C(=O)OCC1c2ccccc2-c2ccccc21)C(=O)O. The summed E-state index contributed by atoms with van der Waals surface area (Å²) in [5.74, 6) is -2.01. The number of benzene rings is 2. The van der Waals surface area contributed by atoms with Gasteiger partial charge in [0, 0.05) is 18.9 Å². The van der Waals surface area contributed by atoms with E-state index in [1.807, 2.05) is 38.1 Å². The Balaban J connectivity index is 1.46. The van der Waals surface area contributed by atoms with Gasteiger partial charge in [0.1, 0.15) is 6.61 Å². The number of hydrogen-bond acceptors (Lipinski definition) is 4. The third-order valence-electron chi connectivity index (χ3n) is 7.51. The Kier molecular flexibility index (Phi) is 7.35. The average Bonchev–Trinajstić information content (AvgIpc) is 3.18. The van der Waals surface area contributed by atoms with Gasteiger partial charge in [-0.25, -0.2) is 4.79 Å². The van der Waals surface area contributed by atoms with Gasteiger partial charge in [-0.1, -0.05) is 68.8 Å². The molecule has 1 N–H and O–H groups in total. The van der Waals surface area contributed by atoms with E-state index in [1.54, 1.807) is 0 Å². The molecular formula is C28H33NO5. The summed E-state index contributed by atoms with van der Waals surface area (Å²) < 4.78 is 5.80. The van der Waals surface area contributed by atoms with Crippen LogP contribution in [0.15, 0.2) is 48.5 Å². The third-order valence-corrected chi connectivity index (χ3v) is 7.51. The van der Waals surface area contributed by atoms with Gasteiger partial charge >= 0.3 is 12.1 Å². The van der Waals surface area contributed by atoms with Gasteiger partial charge in [0.15, 0.2) is 5.78 Å². The number of fused-ring (bicyclic) bond motifs is 3. The van der Waals surface area contributed by atoms with Crippen LogP contribution >= 0.6 is 0 Å². The van der Waals surface area contributed by atoms with Crippen LogP contribution in [0.4, 0.5) is 4.79 Å². The van der Waals surface area contributed by atoms with E-state index in [0.717, 1.165) is 35.1 Å². The van der Waals surface area contributed by atoms with E-state index in [9.17, 15) is 19.5 Å². The van der Waals surface area contributed by atoms with Crippen LogP contribution in [0.5, 0.6) is 0 Å². The number of piperidine rings is 1. The maximum atomic E-state index is 13.1. The number of aliphatic carboxylic acids is 1. The molecule has 0 spiro atoms. The lowest BCUT2D eigenvalue weighted by molar-refractivity contribution is -0.146. The van der Waals surface area contributed by atoms with Crippen molar-refractivity contribution in [3.05, 3.63) is 59.7 Å². The van der Waals surface area contributed by atoms with Gasteiger partial charge in [0.05, 0.1) is 12.0 Å². The molecule has 1 aliphatic carbocycles. The summed E-state index contributed by atoms with van der Waals surface area (Å²) in [5.41, 5.74) is 4.60. The molecule has 0 saturated carbocycles. The van der Waals surface area contributed by atoms with Crippen LogP contribution in [-0.2, 0) is 14.3 Å². The Hall–Kier alpha value is -3.15. The van der Waals surface area contributed by atoms with Crippen molar-refractivity contribution >= 4 is 17.8 Å². The second-order valence-electron chi connectivity index (χ2n) is 9.51. The van der Waals surface area contributed by atoms with E-state index in [0.29, 0.717) is 19.4 Å². The fourth-order valence-corrected chi connectivity index (χ4v) is 5.33. The number of nitrogens with zero attached hydrogens (tertiary/aromatic N) is 1. The predicted molar refractivity (Wildman–Crippen MR) is 130 cm³/mol. The Morgan fingerprint density at radius 2 is 1.65 bits per heavy atom. The van der Waals surface area contributed by atoms with Crippen molar-refractivity contribution in [2.24, 2.45) is 11.8 Å². The highest BCUT2D eigenvalue weighted by Gasteiger charge is 2.37. The highest BCUT2D eigenvalue weighted by atomic mass is 16.6. The lowest BCUT2D eigenvalue weighted by Crippen LogP contribution is -2.49. The molecule has 3 atom stereocenters. The Bertz CT molecular complexity index is 1020. The molecular weight excluding hydrogens is 430 g/mol. The third kappa shape index (κ3) is 4.72. The van der Waals surface area contributed by atoms with E-state index in [4.69, 9.17) is 4.74 Å². The largest absolute Gasteiger partial charge is 0.481 e.